The van der Waals surface area contributed by atoms with Gasteiger partial charge in [0.25, 0.3) is 0 Å². The number of ether oxygens (including phenoxy) is 3. The van der Waals surface area contributed by atoms with Gasteiger partial charge in [0.05, 0.1) is 19.3 Å². The second-order valence-electron chi connectivity index (χ2n) is 6.38. The molecule has 1 fully saturated rings. The van der Waals surface area contributed by atoms with Gasteiger partial charge in [-0.05, 0) is 37.5 Å². The molecule has 0 radical (unpaired) electrons. The zero-order valence-electron chi connectivity index (χ0n) is 16.1. The van der Waals surface area contributed by atoms with E-state index in [2.05, 4.69) is 15.6 Å². The van der Waals surface area contributed by atoms with Crippen LogP contribution < -0.4 is 15.4 Å². The van der Waals surface area contributed by atoms with Crippen molar-refractivity contribution in [1.29, 1.82) is 0 Å². The van der Waals surface area contributed by atoms with Gasteiger partial charge >= 0.3 is 6.18 Å². The van der Waals surface area contributed by atoms with Crippen LogP contribution in [0.25, 0.3) is 0 Å². The minimum absolute atomic E-state index is 0.177. The van der Waals surface area contributed by atoms with E-state index in [4.69, 9.17) is 14.2 Å². The number of nitrogens with one attached hydrogen (secondary N) is 2. The van der Waals surface area contributed by atoms with Gasteiger partial charge in [-0.15, -0.1) is 0 Å². The molecular weight excluding hydrogens is 375 g/mol. The molecule has 0 saturated carbocycles. The molecular formula is C19H28F3N3O3. The van der Waals surface area contributed by atoms with Gasteiger partial charge in [0.2, 0.25) is 0 Å². The van der Waals surface area contributed by atoms with Crippen molar-refractivity contribution in [2.45, 2.75) is 38.6 Å². The van der Waals surface area contributed by atoms with Crippen molar-refractivity contribution in [3.8, 4) is 5.75 Å². The first kappa shape index (κ1) is 22.3. The van der Waals surface area contributed by atoms with E-state index in [9.17, 15) is 13.2 Å². The van der Waals surface area contributed by atoms with E-state index in [0.29, 0.717) is 38.8 Å². The lowest BCUT2D eigenvalue weighted by molar-refractivity contribution is -0.153. The molecule has 0 aromatic heterocycles. The maximum atomic E-state index is 12.3. The molecule has 2 N–H and O–H groups in total. The fraction of sp³-hybridized carbons (Fsp3) is 0.632. The Labute approximate surface area is 163 Å². The Morgan fingerprint density at radius 3 is 2.89 bits per heavy atom. The highest BCUT2D eigenvalue weighted by Crippen LogP contribution is 2.19. The van der Waals surface area contributed by atoms with Crippen LogP contribution in [-0.4, -0.2) is 57.8 Å². The summed E-state index contributed by atoms with van der Waals surface area (Å²) in [6.07, 6.45) is -2.37. The van der Waals surface area contributed by atoms with Gasteiger partial charge in [-0.1, -0.05) is 12.1 Å². The fourth-order valence-electron chi connectivity index (χ4n) is 2.58. The van der Waals surface area contributed by atoms with E-state index in [1.54, 1.807) is 18.2 Å². The van der Waals surface area contributed by atoms with E-state index in [1.807, 2.05) is 6.92 Å². The number of benzene rings is 1. The Morgan fingerprint density at radius 1 is 1.32 bits per heavy atom. The predicted octanol–water partition coefficient (Wildman–Crippen LogP) is 2.88. The summed E-state index contributed by atoms with van der Waals surface area (Å²) in [4.78, 5) is 4.46. The van der Waals surface area contributed by atoms with Crippen LogP contribution in [0.2, 0.25) is 0 Å². The number of alkyl halides is 3. The molecule has 1 heterocycles. The van der Waals surface area contributed by atoms with Gasteiger partial charge in [0, 0.05) is 26.3 Å². The third-order valence-electron chi connectivity index (χ3n) is 3.92. The van der Waals surface area contributed by atoms with Crippen LogP contribution in [0.3, 0.4) is 0 Å². The summed E-state index contributed by atoms with van der Waals surface area (Å²) in [5.41, 5.74) is 0.765. The Kier molecular flexibility index (Phi) is 9.36. The van der Waals surface area contributed by atoms with Crippen LogP contribution in [-0.2, 0) is 16.0 Å². The van der Waals surface area contributed by atoms with E-state index in [0.717, 1.165) is 25.0 Å². The fourth-order valence-corrected chi connectivity index (χ4v) is 2.58. The van der Waals surface area contributed by atoms with Gasteiger partial charge < -0.3 is 24.8 Å². The van der Waals surface area contributed by atoms with Crippen LogP contribution in [0.15, 0.2) is 29.3 Å². The molecule has 2 rings (SSSR count). The van der Waals surface area contributed by atoms with Crippen LogP contribution >= 0.6 is 0 Å². The maximum Gasteiger partial charge on any atom is 0.422 e. The lowest BCUT2D eigenvalue weighted by Gasteiger charge is -2.13. The zero-order valence-corrected chi connectivity index (χ0v) is 16.1. The van der Waals surface area contributed by atoms with Crippen LogP contribution in [0.5, 0.6) is 5.75 Å². The van der Waals surface area contributed by atoms with E-state index in [1.165, 1.54) is 6.07 Å². The third kappa shape index (κ3) is 9.27. The van der Waals surface area contributed by atoms with Crippen molar-refractivity contribution >= 4 is 5.96 Å². The van der Waals surface area contributed by atoms with Gasteiger partial charge in [-0.3, -0.25) is 0 Å². The molecule has 1 aromatic carbocycles. The highest BCUT2D eigenvalue weighted by Gasteiger charge is 2.28. The summed E-state index contributed by atoms with van der Waals surface area (Å²) in [6, 6.07) is 6.51. The second-order valence-corrected chi connectivity index (χ2v) is 6.38. The van der Waals surface area contributed by atoms with Crippen molar-refractivity contribution in [1.82, 2.24) is 10.6 Å². The number of rotatable bonds is 10. The molecule has 0 bridgehead atoms. The first-order valence-corrected chi connectivity index (χ1v) is 9.46. The quantitative estimate of drug-likeness (QED) is 0.357. The molecule has 1 aliphatic heterocycles. The number of nitrogens with zero attached hydrogens (tertiary/aromatic N) is 1. The molecule has 1 aliphatic rings. The summed E-state index contributed by atoms with van der Waals surface area (Å²) in [5.74, 6) is 0.823. The number of hydrogen-bond donors (Lipinski definition) is 2. The first-order valence-electron chi connectivity index (χ1n) is 9.46. The number of guanidine groups is 1. The highest BCUT2D eigenvalue weighted by atomic mass is 19.4. The number of hydrogen-bond acceptors (Lipinski definition) is 4. The maximum absolute atomic E-state index is 12.3. The summed E-state index contributed by atoms with van der Waals surface area (Å²) in [7, 11) is 0. The molecule has 1 unspecified atom stereocenters. The smallest absolute Gasteiger partial charge is 0.422 e. The minimum Gasteiger partial charge on any atom is -0.484 e. The lowest BCUT2D eigenvalue weighted by atomic mass is 10.2. The van der Waals surface area contributed by atoms with Crippen molar-refractivity contribution in [3.05, 3.63) is 29.8 Å². The topological polar surface area (TPSA) is 64.1 Å². The van der Waals surface area contributed by atoms with Gasteiger partial charge in [0.15, 0.2) is 12.6 Å². The Hall–Kier alpha value is -2.00. The van der Waals surface area contributed by atoms with Crippen LogP contribution in [0, 0.1) is 0 Å². The summed E-state index contributed by atoms with van der Waals surface area (Å²) in [5, 5.41) is 6.37. The predicted molar refractivity (Wildman–Crippen MR) is 101 cm³/mol. The Morgan fingerprint density at radius 2 is 2.18 bits per heavy atom. The Bertz CT molecular complexity index is 606. The normalized spacial score (nSPS) is 17.6. The Balaban J connectivity index is 1.75. The number of aliphatic imine (C=N–C) groups is 1. The molecule has 28 heavy (non-hydrogen) atoms. The van der Waals surface area contributed by atoms with E-state index in [-0.39, 0.29) is 11.9 Å². The summed E-state index contributed by atoms with van der Waals surface area (Å²) >= 11 is 0. The molecule has 9 heteroatoms. The first-order chi connectivity index (χ1) is 13.5. The average molecular weight is 403 g/mol. The lowest BCUT2D eigenvalue weighted by Crippen LogP contribution is -2.38. The van der Waals surface area contributed by atoms with Gasteiger partial charge in [0.1, 0.15) is 5.75 Å². The molecule has 0 spiro atoms. The van der Waals surface area contributed by atoms with Gasteiger partial charge in [-0.25, -0.2) is 4.99 Å². The zero-order chi connectivity index (χ0) is 20.2. The van der Waals surface area contributed by atoms with Crippen molar-refractivity contribution in [2.75, 3.05) is 39.5 Å². The molecule has 6 nitrogen and oxygen atoms in total. The van der Waals surface area contributed by atoms with Crippen molar-refractivity contribution < 1.29 is 27.4 Å². The van der Waals surface area contributed by atoms with Crippen LogP contribution in [0.1, 0.15) is 25.3 Å². The van der Waals surface area contributed by atoms with Crippen LogP contribution in [0.4, 0.5) is 13.2 Å². The molecule has 1 atom stereocenters. The average Bonchev–Trinajstić information content (AvgIpc) is 3.17. The second kappa shape index (κ2) is 11.8. The molecule has 158 valence electrons. The van der Waals surface area contributed by atoms with Crippen molar-refractivity contribution in [3.63, 3.8) is 0 Å². The van der Waals surface area contributed by atoms with Gasteiger partial charge in [-0.2, -0.15) is 13.2 Å². The molecule has 1 saturated heterocycles. The molecule has 0 aliphatic carbocycles. The summed E-state index contributed by atoms with van der Waals surface area (Å²) < 4.78 is 52.5. The third-order valence-corrected chi connectivity index (χ3v) is 3.92. The SMILES string of the molecule is CCNC(=NCc1cccc(OCC(F)(F)F)c1)NCCCOC1CCOC1. The number of halogens is 3. The summed E-state index contributed by atoms with van der Waals surface area (Å²) in [6.45, 7) is 4.48. The van der Waals surface area contributed by atoms with E-state index >= 15 is 0 Å². The van der Waals surface area contributed by atoms with Crippen molar-refractivity contribution in [2.24, 2.45) is 4.99 Å². The largest absolute Gasteiger partial charge is 0.484 e. The molecule has 1 aromatic rings. The highest BCUT2D eigenvalue weighted by molar-refractivity contribution is 5.79. The standard InChI is InChI=1S/C19H28F3N3O3/c1-2-23-18(24-8-4-9-27-17-7-10-26-13-17)25-12-15-5-3-6-16(11-15)28-14-19(20,21)22/h3,5-6,11,17H,2,4,7-10,12-14H2,1H3,(H2,23,24,25). The molecule has 0 amide bonds. The van der Waals surface area contributed by atoms with E-state index < -0.39 is 12.8 Å². The monoisotopic (exact) mass is 403 g/mol. The minimum atomic E-state index is -4.36.